The Labute approximate surface area is 166 Å². The molecule has 0 N–H and O–H groups in total. The molecule has 7 nitrogen and oxygen atoms in total. The molecule has 3 aromatic rings. The average Bonchev–Trinajstić information content (AvgIpc) is 3.17. The molecule has 144 valence electrons. The quantitative estimate of drug-likeness (QED) is 0.654. The summed E-state index contributed by atoms with van der Waals surface area (Å²) in [6, 6.07) is 8.96. The summed E-state index contributed by atoms with van der Waals surface area (Å²) in [5.74, 6) is 1.71. The smallest absolute Gasteiger partial charge is 0.227 e. The van der Waals surface area contributed by atoms with Gasteiger partial charge in [-0.1, -0.05) is 16.8 Å². The molecule has 1 aromatic carbocycles. The SMILES string of the molecule is CN(Cc1cc(-c2ccncc2)no1)C(=O)Cc1cc2c(cc1Cl)OCCO2. The lowest BCUT2D eigenvalue weighted by atomic mass is 10.1. The van der Waals surface area contributed by atoms with Gasteiger partial charge in [-0.05, 0) is 23.8 Å². The van der Waals surface area contributed by atoms with E-state index in [1.807, 2.05) is 18.2 Å². The number of hydrogen-bond acceptors (Lipinski definition) is 6. The van der Waals surface area contributed by atoms with Crippen molar-refractivity contribution in [3.8, 4) is 22.8 Å². The minimum atomic E-state index is -0.0968. The Morgan fingerprint density at radius 3 is 2.61 bits per heavy atom. The van der Waals surface area contributed by atoms with E-state index in [0.717, 1.165) is 5.56 Å². The van der Waals surface area contributed by atoms with Crippen molar-refractivity contribution < 1.29 is 18.8 Å². The number of likely N-dealkylation sites (N-methyl/N-ethyl adjacent to an activating group) is 1. The fourth-order valence-electron chi connectivity index (χ4n) is 2.91. The normalized spacial score (nSPS) is 12.6. The Morgan fingerprint density at radius 2 is 1.86 bits per heavy atom. The van der Waals surface area contributed by atoms with Gasteiger partial charge in [-0.2, -0.15) is 0 Å². The van der Waals surface area contributed by atoms with Crippen molar-refractivity contribution in [3.05, 3.63) is 59.1 Å². The van der Waals surface area contributed by atoms with E-state index in [4.69, 9.17) is 25.6 Å². The highest BCUT2D eigenvalue weighted by Crippen LogP contribution is 2.35. The van der Waals surface area contributed by atoms with E-state index in [2.05, 4.69) is 10.1 Å². The van der Waals surface area contributed by atoms with Crippen LogP contribution in [0.15, 0.2) is 47.2 Å². The molecule has 1 aliphatic rings. The highest BCUT2D eigenvalue weighted by atomic mass is 35.5. The van der Waals surface area contributed by atoms with Crippen LogP contribution in [0.5, 0.6) is 11.5 Å². The largest absolute Gasteiger partial charge is 0.486 e. The fraction of sp³-hybridized carbons (Fsp3) is 0.250. The molecule has 0 saturated carbocycles. The van der Waals surface area contributed by atoms with Crippen LogP contribution in [0.4, 0.5) is 0 Å². The summed E-state index contributed by atoms with van der Waals surface area (Å²) >= 11 is 6.30. The molecule has 4 rings (SSSR count). The van der Waals surface area contributed by atoms with Gasteiger partial charge in [0.2, 0.25) is 5.91 Å². The first-order valence-corrected chi connectivity index (χ1v) is 9.16. The molecular formula is C20H18ClN3O4. The zero-order valence-electron chi connectivity index (χ0n) is 15.2. The van der Waals surface area contributed by atoms with Crippen LogP contribution in [0.25, 0.3) is 11.3 Å². The van der Waals surface area contributed by atoms with Crippen LogP contribution in [0, 0.1) is 0 Å². The van der Waals surface area contributed by atoms with E-state index in [0.29, 0.717) is 53.3 Å². The minimum Gasteiger partial charge on any atom is -0.486 e. The van der Waals surface area contributed by atoms with Crippen molar-refractivity contribution in [2.75, 3.05) is 20.3 Å². The first-order valence-electron chi connectivity index (χ1n) is 8.78. The number of fused-ring (bicyclic) bond motifs is 1. The van der Waals surface area contributed by atoms with E-state index in [1.54, 1.807) is 36.5 Å². The first-order chi connectivity index (χ1) is 13.6. The minimum absolute atomic E-state index is 0.0968. The highest BCUT2D eigenvalue weighted by Gasteiger charge is 2.19. The molecule has 8 heteroatoms. The molecule has 2 aromatic heterocycles. The summed E-state index contributed by atoms with van der Waals surface area (Å²) < 4.78 is 16.4. The topological polar surface area (TPSA) is 77.7 Å². The number of ether oxygens (including phenoxy) is 2. The Kier molecular flexibility index (Phi) is 5.16. The van der Waals surface area contributed by atoms with Crippen molar-refractivity contribution in [3.63, 3.8) is 0 Å². The Morgan fingerprint density at radius 1 is 1.14 bits per heavy atom. The van der Waals surface area contributed by atoms with Gasteiger partial charge in [0.1, 0.15) is 18.9 Å². The summed E-state index contributed by atoms with van der Waals surface area (Å²) in [6.07, 6.45) is 3.53. The highest BCUT2D eigenvalue weighted by molar-refractivity contribution is 6.31. The maximum Gasteiger partial charge on any atom is 0.227 e. The van der Waals surface area contributed by atoms with Crippen LogP contribution in [-0.4, -0.2) is 41.2 Å². The van der Waals surface area contributed by atoms with Crippen LogP contribution >= 0.6 is 11.6 Å². The molecule has 0 fully saturated rings. The number of pyridine rings is 1. The van der Waals surface area contributed by atoms with E-state index in [9.17, 15) is 4.79 Å². The number of carbonyl (C=O) groups excluding carboxylic acids is 1. The van der Waals surface area contributed by atoms with Crippen molar-refractivity contribution in [2.24, 2.45) is 0 Å². The van der Waals surface area contributed by atoms with Gasteiger partial charge in [-0.15, -0.1) is 0 Å². The molecule has 0 spiro atoms. The predicted octanol–water partition coefficient (Wildman–Crippen LogP) is 3.36. The monoisotopic (exact) mass is 399 g/mol. The first kappa shape index (κ1) is 18.3. The number of nitrogens with zero attached hydrogens (tertiary/aromatic N) is 3. The maximum atomic E-state index is 12.6. The summed E-state index contributed by atoms with van der Waals surface area (Å²) in [7, 11) is 1.71. The van der Waals surface area contributed by atoms with Gasteiger partial charge in [0.15, 0.2) is 17.3 Å². The molecule has 0 atom stereocenters. The van der Waals surface area contributed by atoms with Crippen LogP contribution in [-0.2, 0) is 17.8 Å². The average molecular weight is 400 g/mol. The summed E-state index contributed by atoms with van der Waals surface area (Å²) in [4.78, 5) is 18.2. The lowest BCUT2D eigenvalue weighted by Crippen LogP contribution is -2.27. The van der Waals surface area contributed by atoms with Crippen molar-refractivity contribution in [1.82, 2.24) is 15.0 Å². The summed E-state index contributed by atoms with van der Waals surface area (Å²) in [5, 5.41) is 4.53. The van der Waals surface area contributed by atoms with E-state index < -0.39 is 0 Å². The molecule has 0 saturated heterocycles. The van der Waals surface area contributed by atoms with Gasteiger partial charge in [-0.25, -0.2) is 0 Å². The molecular weight excluding hydrogens is 382 g/mol. The van der Waals surface area contributed by atoms with Gasteiger partial charge in [0.25, 0.3) is 0 Å². The second kappa shape index (κ2) is 7.90. The third-order valence-electron chi connectivity index (χ3n) is 4.41. The summed E-state index contributed by atoms with van der Waals surface area (Å²) in [6.45, 7) is 1.27. The molecule has 0 unspecified atom stereocenters. The van der Waals surface area contributed by atoms with E-state index in [1.165, 1.54) is 0 Å². The third-order valence-corrected chi connectivity index (χ3v) is 4.76. The second-order valence-corrected chi connectivity index (χ2v) is 6.84. The number of carbonyl (C=O) groups is 1. The second-order valence-electron chi connectivity index (χ2n) is 6.43. The zero-order valence-corrected chi connectivity index (χ0v) is 16.0. The number of benzene rings is 1. The maximum absolute atomic E-state index is 12.6. The molecule has 1 aliphatic heterocycles. The Bertz CT molecular complexity index is 990. The summed E-state index contributed by atoms with van der Waals surface area (Å²) in [5.41, 5.74) is 2.30. The molecule has 0 bridgehead atoms. The van der Waals surface area contributed by atoms with Crippen LogP contribution in [0.3, 0.4) is 0 Å². The van der Waals surface area contributed by atoms with Crippen molar-refractivity contribution in [1.29, 1.82) is 0 Å². The Hall–Kier alpha value is -3.06. The molecule has 0 aliphatic carbocycles. The lowest BCUT2D eigenvalue weighted by Gasteiger charge is -2.20. The number of halogens is 1. The Balaban J connectivity index is 1.42. The van der Waals surface area contributed by atoms with Gasteiger partial charge < -0.3 is 18.9 Å². The molecule has 0 radical (unpaired) electrons. The van der Waals surface area contributed by atoms with Crippen molar-refractivity contribution in [2.45, 2.75) is 13.0 Å². The molecule has 1 amide bonds. The zero-order chi connectivity index (χ0) is 19.5. The van der Waals surface area contributed by atoms with Gasteiger partial charge in [-0.3, -0.25) is 9.78 Å². The van der Waals surface area contributed by atoms with Crippen LogP contribution in [0.2, 0.25) is 5.02 Å². The van der Waals surface area contributed by atoms with Crippen LogP contribution < -0.4 is 9.47 Å². The van der Waals surface area contributed by atoms with E-state index in [-0.39, 0.29) is 12.3 Å². The lowest BCUT2D eigenvalue weighted by molar-refractivity contribution is -0.129. The van der Waals surface area contributed by atoms with Gasteiger partial charge in [0, 0.05) is 42.2 Å². The number of aromatic nitrogens is 2. The molecule has 28 heavy (non-hydrogen) atoms. The number of amides is 1. The fourth-order valence-corrected chi connectivity index (χ4v) is 3.13. The van der Waals surface area contributed by atoms with Gasteiger partial charge in [0.05, 0.1) is 13.0 Å². The van der Waals surface area contributed by atoms with Crippen LogP contribution in [0.1, 0.15) is 11.3 Å². The number of rotatable bonds is 5. The van der Waals surface area contributed by atoms with E-state index >= 15 is 0 Å². The molecule has 3 heterocycles. The number of hydrogen-bond donors (Lipinski definition) is 0. The van der Waals surface area contributed by atoms with Crippen molar-refractivity contribution >= 4 is 17.5 Å². The third kappa shape index (κ3) is 3.94. The standard InChI is InChI=1S/C20H18ClN3O4/c1-24(12-15-10-17(23-28-15)13-2-4-22-5-3-13)20(25)9-14-8-18-19(11-16(14)21)27-7-6-26-18/h2-5,8,10-11H,6-7,9,12H2,1H3. The predicted molar refractivity (Wildman–Crippen MR) is 102 cm³/mol. The van der Waals surface area contributed by atoms with Gasteiger partial charge >= 0.3 is 0 Å².